The molecule has 0 aromatic rings. The van der Waals surface area contributed by atoms with Gasteiger partial charge in [0.05, 0.1) is 0 Å². The highest BCUT2D eigenvalue weighted by molar-refractivity contribution is 5.36. The van der Waals surface area contributed by atoms with Crippen LogP contribution < -0.4 is 0 Å². The molecule has 0 heterocycles. The smallest absolute Gasteiger partial charge is 0.0135 e. The molecule has 2 fully saturated rings. The standard InChI is InChI=1S/C18H32/c1-4-7-9-10-12-16(6-3)18-13-15(11-8-5-2)17(18)14-18/h11,16-17H,4-10,12-14H2,1-3H3. The topological polar surface area (TPSA) is 0 Å². The fourth-order valence-electron chi connectivity index (χ4n) is 4.24. The van der Waals surface area contributed by atoms with Crippen LogP contribution in [0.15, 0.2) is 11.6 Å². The average molecular weight is 248 g/mol. The number of hydrogen-bond donors (Lipinski definition) is 0. The van der Waals surface area contributed by atoms with Gasteiger partial charge in [-0.05, 0) is 42.9 Å². The van der Waals surface area contributed by atoms with E-state index in [0.717, 1.165) is 17.3 Å². The van der Waals surface area contributed by atoms with Gasteiger partial charge >= 0.3 is 0 Å². The van der Waals surface area contributed by atoms with E-state index in [0.29, 0.717) is 0 Å². The number of unbranched alkanes of at least 4 members (excludes halogenated alkanes) is 4. The summed E-state index contributed by atoms with van der Waals surface area (Å²) >= 11 is 0. The summed E-state index contributed by atoms with van der Waals surface area (Å²) in [5.41, 5.74) is 2.63. The lowest BCUT2D eigenvalue weighted by Crippen LogP contribution is -2.27. The van der Waals surface area contributed by atoms with Crippen molar-refractivity contribution in [3.63, 3.8) is 0 Å². The van der Waals surface area contributed by atoms with Crippen molar-refractivity contribution in [3.05, 3.63) is 11.6 Å². The second-order valence-electron chi connectivity index (χ2n) is 6.69. The van der Waals surface area contributed by atoms with E-state index < -0.39 is 0 Å². The molecule has 0 bridgehead atoms. The third kappa shape index (κ3) is 2.68. The van der Waals surface area contributed by atoms with E-state index in [1.54, 1.807) is 0 Å². The van der Waals surface area contributed by atoms with Gasteiger partial charge in [-0.1, -0.05) is 70.9 Å². The van der Waals surface area contributed by atoms with Gasteiger partial charge in [-0.15, -0.1) is 0 Å². The zero-order chi connectivity index (χ0) is 13.0. The summed E-state index contributed by atoms with van der Waals surface area (Å²) in [5.74, 6) is 2.07. The quantitative estimate of drug-likeness (QED) is 0.340. The maximum Gasteiger partial charge on any atom is -0.0135 e. The van der Waals surface area contributed by atoms with Gasteiger partial charge in [0.1, 0.15) is 0 Å². The summed E-state index contributed by atoms with van der Waals surface area (Å²) in [5, 5.41) is 0. The normalized spacial score (nSPS) is 33.1. The van der Waals surface area contributed by atoms with Gasteiger partial charge in [-0.2, -0.15) is 0 Å². The first-order valence-corrected chi connectivity index (χ1v) is 8.47. The van der Waals surface area contributed by atoms with Crippen LogP contribution in [0.25, 0.3) is 0 Å². The van der Waals surface area contributed by atoms with Crippen molar-refractivity contribution in [1.29, 1.82) is 0 Å². The summed E-state index contributed by atoms with van der Waals surface area (Å²) < 4.78 is 0. The highest BCUT2D eigenvalue weighted by Gasteiger charge is 2.66. The third-order valence-electron chi connectivity index (χ3n) is 5.51. The number of rotatable bonds is 9. The lowest BCUT2D eigenvalue weighted by molar-refractivity contribution is 0.210. The number of fused-ring (bicyclic) bond motifs is 1. The van der Waals surface area contributed by atoms with Gasteiger partial charge in [-0.25, -0.2) is 0 Å². The van der Waals surface area contributed by atoms with E-state index in [1.165, 1.54) is 64.2 Å². The predicted octanol–water partition coefficient (Wildman–Crippen LogP) is 6.12. The fraction of sp³-hybridized carbons (Fsp3) is 0.889. The molecule has 0 nitrogen and oxygen atoms in total. The minimum absolute atomic E-state index is 0.806. The Morgan fingerprint density at radius 2 is 2.00 bits per heavy atom. The molecule has 2 aliphatic rings. The second-order valence-corrected chi connectivity index (χ2v) is 6.69. The first-order valence-electron chi connectivity index (χ1n) is 8.47. The molecule has 0 saturated heterocycles. The fourth-order valence-corrected chi connectivity index (χ4v) is 4.24. The highest BCUT2D eigenvalue weighted by atomic mass is 14.7. The van der Waals surface area contributed by atoms with Gasteiger partial charge in [0.25, 0.3) is 0 Å². The average Bonchev–Trinajstić information content (AvgIpc) is 2.97. The molecule has 3 atom stereocenters. The molecule has 2 rings (SSSR count). The monoisotopic (exact) mass is 248 g/mol. The summed E-state index contributed by atoms with van der Waals surface area (Å²) in [6.07, 6.45) is 16.9. The molecule has 0 aromatic heterocycles. The van der Waals surface area contributed by atoms with E-state index in [4.69, 9.17) is 0 Å². The van der Waals surface area contributed by atoms with Crippen LogP contribution in [0, 0.1) is 17.3 Å². The molecule has 3 unspecified atom stereocenters. The van der Waals surface area contributed by atoms with Crippen molar-refractivity contribution in [2.24, 2.45) is 17.3 Å². The van der Waals surface area contributed by atoms with E-state index >= 15 is 0 Å². The van der Waals surface area contributed by atoms with Gasteiger partial charge in [0.2, 0.25) is 0 Å². The van der Waals surface area contributed by atoms with Crippen LogP contribution in [0.3, 0.4) is 0 Å². The predicted molar refractivity (Wildman–Crippen MR) is 80.7 cm³/mol. The van der Waals surface area contributed by atoms with Crippen molar-refractivity contribution in [2.45, 2.75) is 85.0 Å². The molecule has 2 saturated carbocycles. The molecular formula is C18H32. The molecule has 0 spiro atoms. The van der Waals surface area contributed by atoms with E-state index in [-0.39, 0.29) is 0 Å². The maximum absolute atomic E-state index is 2.56. The Bertz CT molecular complexity index is 288. The van der Waals surface area contributed by atoms with Crippen LogP contribution in [0.1, 0.15) is 85.0 Å². The molecule has 0 N–H and O–H groups in total. The molecule has 0 heteroatoms. The Labute approximate surface area is 114 Å². The van der Waals surface area contributed by atoms with E-state index in [2.05, 4.69) is 26.8 Å². The van der Waals surface area contributed by atoms with Gasteiger partial charge < -0.3 is 0 Å². The van der Waals surface area contributed by atoms with E-state index in [9.17, 15) is 0 Å². The van der Waals surface area contributed by atoms with Crippen molar-refractivity contribution in [3.8, 4) is 0 Å². The van der Waals surface area contributed by atoms with Crippen molar-refractivity contribution in [1.82, 2.24) is 0 Å². The van der Waals surface area contributed by atoms with Crippen LogP contribution in [0.5, 0.6) is 0 Å². The zero-order valence-electron chi connectivity index (χ0n) is 12.8. The molecule has 2 aliphatic carbocycles. The van der Waals surface area contributed by atoms with Crippen LogP contribution in [0.2, 0.25) is 0 Å². The molecule has 0 radical (unpaired) electrons. The summed E-state index contributed by atoms with van der Waals surface area (Å²) in [6.45, 7) is 7.02. The highest BCUT2D eigenvalue weighted by Crippen LogP contribution is 2.75. The van der Waals surface area contributed by atoms with Crippen LogP contribution in [-0.4, -0.2) is 0 Å². The number of allylic oxidation sites excluding steroid dienone is 2. The molecule has 0 amide bonds. The zero-order valence-corrected chi connectivity index (χ0v) is 12.8. The van der Waals surface area contributed by atoms with Crippen molar-refractivity contribution < 1.29 is 0 Å². The Kier molecular flexibility index (Phi) is 4.92. The minimum atomic E-state index is 0.806. The summed E-state index contributed by atoms with van der Waals surface area (Å²) in [6, 6.07) is 0. The number of hydrogen-bond acceptors (Lipinski definition) is 0. The molecule has 104 valence electrons. The van der Waals surface area contributed by atoms with Crippen LogP contribution in [0.4, 0.5) is 0 Å². The SMILES string of the molecule is CCCC=C1CC2(C(CC)CCCCCC)CC12. The largest absolute Gasteiger partial charge is 0.0850 e. The van der Waals surface area contributed by atoms with Crippen molar-refractivity contribution in [2.75, 3.05) is 0 Å². The van der Waals surface area contributed by atoms with Gasteiger partial charge in [-0.3, -0.25) is 0 Å². The minimum Gasteiger partial charge on any atom is -0.0850 e. The summed E-state index contributed by atoms with van der Waals surface area (Å²) in [7, 11) is 0. The van der Waals surface area contributed by atoms with Crippen LogP contribution >= 0.6 is 0 Å². The molecule has 18 heavy (non-hydrogen) atoms. The molecular weight excluding hydrogens is 216 g/mol. The lowest BCUT2D eigenvalue weighted by Gasteiger charge is -2.36. The Morgan fingerprint density at radius 1 is 1.17 bits per heavy atom. The lowest BCUT2D eigenvalue weighted by atomic mass is 9.68. The second kappa shape index (κ2) is 6.26. The first kappa shape index (κ1) is 14.2. The van der Waals surface area contributed by atoms with Crippen molar-refractivity contribution >= 4 is 0 Å². The van der Waals surface area contributed by atoms with Gasteiger partial charge in [0, 0.05) is 0 Å². The molecule has 0 aromatic carbocycles. The Morgan fingerprint density at radius 3 is 2.61 bits per heavy atom. The third-order valence-corrected chi connectivity index (χ3v) is 5.51. The van der Waals surface area contributed by atoms with Gasteiger partial charge in [0.15, 0.2) is 0 Å². The first-order chi connectivity index (χ1) is 8.78. The molecule has 0 aliphatic heterocycles. The van der Waals surface area contributed by atoms with E-state index in [1.807, 2.05) is 5.57 Å². The Balaban J connectivity index is 1.75. The Hall–Kier alpha value is -0.260. The summed E-state index contributed by atoms with van der Waals surface area (Å²) in [4.78, 5) is 0. The van der Waals surface area contributed by atoms with Crippen LogP contribution in [-0.2, 0) is 0 Å². The maximum atomic E-state index is 2.56.